The van der Waals surface area contributed by atoms with Crippen molar-refractivity contribution < 1.29 is 0 Å². The Morgan fingerprint density at radius 2 is 2.07 bits per heavy atom. The van der Waals surface area contributed by atoms with Gasteiger partial charge in [-0.1, -0.05) is 27.2 Å². The molecule has 0 unspecified atom stereocenters. The molecule has 1 fully saturated rings. The largest absolute Gasteiger partial charge is 0.310 e. The summed E-state index contributed by atoms with van der Waals surface area (Å²) in [5, 5.41) is 3.82. The Kier molecular flexibility index (Phi) is 5.62. The lowest BCUT2D eigenvalue weighted by Gasteiger charge is -2.24. The number of rotatable bonds is 6. The van der Waals surface area contributed by atoms with Crippen LogP contribution in [0.25, 0.3) is 0 Å². The molecule has 1 N–H and O–H groups in total. The van der Waals surface area contributed by atoms with Gasteiger partial charge in [-0.2, -0.15) is 0 Å². The van der Waals surface area contributed by atoms with Crippen molar-refractivity contribution in [3.05, 3.63) is 0 Å². The zero-order chi connectivity index (χ0) is 11.3. The molecule has 3 atom stereocenters. The van der Waals surface area contributed by atoms with Crippen LogP contribution in [0.1, 0.15) is 46.5 Å². The van der Waals surface area contributed by atoms with Crippen molar-refractivity contribution >= 4 is 0 Å². The van der Waals surface area contributed by atoms with Crippen molar-refractivity contribution in [2.45, 2.75) is 58.5 Å². The second-order valence-electron chi connectivity index (χ2n) is 5.27. The van der Waals surface area contributed by atoms with Gasteiger partial charge >= 0.3 is 0 Å². The molecule has 0 aromatic rings. The van der Waals surface area contributed by atoms with Gasteiger partial charge in [-0.15, -0.1) is 0 Å². The minimum Gasteiger partial charge on any atom is -0.310 e. The first-order valence-corrected chi connectivity index (χ1v) is 6.60. The van der Waals surface area contributed by atoms with Crippen molar-refractivity contribution in [2.24, 2.45) is 5.92 Å². The Hall–Kier alpha value is -0.0800. The molecule has 0 saturated carbocycles. The van der Waals surface area contributed by atoms with Gasteiger partial charge in [0.15, 0.2) is 0 Å². The predicted octanol–water partition coefficient (Wildman–Crippen LogP) is 2.49. The van der Waals surface area contributed by atoms with Crippen LogP contribution in [0.2, 0.25) is 0 Å². The summed E-state index contributed by atoms with van der Waals surface area (Å²) in [5.41, 5.74) is 0. The lowest BCUT2D eigenvalue weighted by Crippen LogP contribution is -2.40. The monoisotopic (exact) mass is 212 g/mol. The number of nitrogens with zero attached hydrogens (tertiary/aromatic N) is 1. The van der Waals surface area contributed by atoms with E-state index in [1.807, 2.05) is 0 Å². The first-order valence-electron chi connectivity index (χ1n) is 6.60. The Bertz CT molecular complexity index is 170. The maximum absolute atomic E-state index is 3.82. The highest BCUT2D eigenvalue weighted by atomic mass is 15.2. The van der Waals surface area contributed by atoms with Crippen LogP contribution in [0.3, 0.4) is 0 Å². The molecule has 1 heterocycles. The van der Waals surface area contributed by atoms with Crippen molar-refractivity contribution in [2.75, 3.05) is 20.1 Å². The molecule has 1 rings (SSSR count). The summed E-state index contributed by atoms with van der Waals surface area (Å²) < 4.78 is 0. The van der Waals surface area contributed by atoms with Crippen molar-refractivity contribution in [3.63, 3.8) is 0 Å². The van der Waals surface area contributed by atoms with Gasteiger partial charge in [0.25, 0.3) is 0 Å². The molecule has 1 aliphatic heterocycles. The molecule has 2 nitrogen and oxygen atoms in total. The Balaban J connectivity index is 2.27. The van der Waals surface area contributed by atoms with Gasteiger partial charge in [0, 0.05) is 18.6 Å². The summed E-state index contributed by atoms with van der Waals surface area (Å²) in [5.74, 6) is 0.863. The van der Waals surface area contributed by atoms with Gasteiger partial charge in [-0.05, 0) is 38.8 Å². The van der Waals surface area contributed by atoms with Crippen LogP contribution in [0.4, 0.5) is 0 Å². The van der Waals surface area contributed by atoms with E-state index >= 15 is 0 Å². The summed E-state index contributed by atoms with van der Waals surface area (Å²) >= 11 is 0. The van der Waals surface area contributed by atoms with E-state index in [0.29, 0.717) is 0 Å². The van der Waals surface area contributed by atoms with Crippen LogP contribution in [0.15, 0.2) is 0 Å². The summed E-state index contributed by atoms with van der Waals surface area (Å²) in [7, 11) is 2.22. The van der Waals surface area contributed by atoms with E-state index in [0.717, 1.165) is 18.0 Å². The second-order valence-corrected chi connectivity index (χ2v) is 5.27. The van der Waals surface area contributed by atoms with Gasteiger partial charge in [0.1, 0.15) is 0 Å². The molecule has 0 radical (unpaired) electrons. The van der Waals surface area contributed by atoms with E-state index in [1.54, 1.807) is 0 Å². The third-order valence-corrected chi connectivity index (χ3v) is 3.74. The molecule has 15 heavy (non-hydrogen) atoms. The topological polar surface area (TPSA) is 15.3 Å². The highest BCUT2D eigenvalue weighted by molar-refractivity contribution is 4.82. The van der Waals surface area contributed by atoms with Crippen LogP contribution in [-0.4, -0.2) is 37.1 Å². The summed E-state index contributed by atoms with van der Waals surface area (Å²) in [6.07, 6.45) is 5.24. The lowest BCUT2D eigenvalue weighted by molar-refractivity contribution is 0.337. The van der Waals surface area contributed by atoms with Gasteiger partial charge in [0.2, 0.25) is 0 Å². The van der Waals surface area contributed by atoms with Crippen LogP contribution in [0, 0.1) is 5.92 Å². The molecule has 2 heteroatoms. The molecule has 0 amide bonds. The molecule has 0 spiro atoms. The molecule has 0 aromatic carbocycles. The van der Waals surface area contributed by atoms with E-state index in [-0.39, 0.29) is 0 Å². The highest BCUT2D eigenvalue weighted by Crippen LogP contribution is 2.15. The normalized spacial score (nSPS) is 26.8. The summed E-state index contributed by atoms with van der Waals surface area (Å²) in [6, 6.07) is 1.47. The number of hydrogen-bond acceptors (Lipinski definition) is 2. The molecule has 0 aliphatic carbocycles. The van der Waals surface area contributed by atoms with Crippen LogP contribution >= 0.6 is 0 Å². The molecular weight excluding hydrogens is 184 g/mol. The zero-order valence-corrected chi connectivity index (χ0v) is 10.9. The number of likely N-dealkylation sites (tertiary alicyclic amines) is 1. The third-order valence-electron chi connectivity index (χ3n) is 3.74. The quantitative estimate of drug-likeness (QED) is 0.728. The SMILES string of the molecule is CC[C@H](C)C[C@H](CC)N[C@H]1CCN(C)C1. The Morgan fingerprint density at radius 3 is 2.53 bits per heavy atom. The number of nitrogens with one attached hydrogen (secondary N) is 1. The van der Waals surface area contributed by atoms with E-state index in [4.69, 9.17) is 0 Å². The molecule has 0 aromatic heterocycles. The fraction of sp³-hybridized carbons (Fsp3) is 1.00. The van der Waals surface area contributed by atoms with E-state index in [9.17, 15) is 0 Å². The van der Waals surface area contributed by atoms with Crippen molar-refractivity contribution in [1.29, 1.82) is 0 Å². The lowest BCUT2D eigenvalue weighted by atomic mass is 9.97. The van der Waals surface area contributed by atoms with Crippen LogP contribution < -0.4 is 5.32 Å². The maximum atomic E-state index is 3.82. The smallest absolute Gasteiger partial charge is 0.0209 e. The molecular formula is C13H28N2. The molecule has 1 saturated heterocycles. The van der Waals surface area contributed by atoms with Crippen LogP contribution in [-0.2, 0) is 0 Å². The molecule has 0 bridgehead atoms. The van der Waals surface area contributed by atoms with Crippen molar-refractivity contribution in [1.82, 2.24) is 10.2 Å². The minimum absolute atomic E-state index is 0.733. The van der Waals surface area contributed by atoms with Gasteiger partial charge in [0.05, 0.1) is 0 Å². The van der Waals surface area contributed by atoms with Gasteiger partial charge in [-0.25, -0.2) is 0 Å². The van der Waals surface area contributed by atoms with Gasteiger partial charge in [-0.3, -0.25) is 0 Å². The predicted molar refractivity (Wildman–Crippen MR) is 67.2 cm³/mol. The standard InChI is InChI=1S/C13H28N2/c1-5-11(3)9-12(6-2)14-13-7-8-15(4)10-13/h11-14H,5-10H2,1-4H3/t11-,12-,13-/m0/s1. The van der Waals surface area contributed by atoms with E-state index in [2.05, 4.69) is 38.0 Å². The summed E-state index contributed by atoms with van der Waals surface area (Å²) in [4.78, 5) is 2.42. The first kappa shape index (κ1) is 13.0. The number of likely N-dealkylation sites (N-methyl/N-ethyl adjacent to an activating group) is 1. The van der Waals surface area contributed by atoms with Crippen LogP contribution in [0.5, 0.6) is 0 Å². The average Bonchev–Trinajstić information content (AvgIpc) is 2.62. The maximum Gasteiger partial charge on any atom is 0.0209 e. The van der Waals surface area contributed by atoms with E-state index in [1.165, 1.54) is 38.8 Å². The minimum atomic E-state index is 0.733. The van der Waals surface area contributed by atoms with Gasteiger partial charge < -0.3 is 10.2 Å². The van der Waals surface area contributed by atoms with Crippen molar-refractivity contribution in [3.8, 4) is 0 Å². The Morgan fingerprint density at radius 1 is 1.33 bits per heavy atom. The highest BCUT2D eigenvalue weighted by Gasteiger charge is 2.22. The molecule has 1 aliphatic rings. The van der Waals surface area contributed by atoms with E-state index < -0.39 is 0 Å². The molecule has 90 valence electrons. The fourth-order valence-electron chi connectivity index (χ4n) is 2.41. The fourth-order valence-corrected chi connectivity index (χ4v) is 2.41. The second kappa shape index (κ2) is 6.49. The zero-order valence-electron chi connectivity index (χ0n) is 10.9. The average molecular weight is 212 g/mol. The first-order chi connectivity index (χ1) is 7.15. The summed E-state index contributed by atoms with van der Waals surface area (Å²) in [6.45, 7) is 9.46. The third kappa shape index (κ3) is 4.52. The number of hydrogen-bond donors (Lipinski definition) is 1. The Labute approximate surface area is 95.4 Å².